The summed E-state index contributed by atoms with van der Waals surface area (Å²) >= 11 is 3.05. The zero-order valence-electron chi connectivity index (χ0n) is 10.4. The van der Waals surface area contributed by atoms with Crippen LogP contribution in [0, 0.1) is 17.0 Å². The molecule has 1 aromatic carbocycles. The number of hydrogen-bond donors (Lipinski definition) is 1. The lowest BCUT2D eigenvalue weighted by molar-refractivity contribution is 0.335. The molecule has 1 nitrogen and oxygen atoms in total. The van der Waals surface area contributed by atoms with Crippen LogP contribution in [0.4, 0.5) is 8.78 Å². The van der Waals surface area contributed by atoms with E-state index in [-0.39, 0.29) is 27.9 Å². The van der Waals surface area contributed by atoms with E-state index >= 15 is 0 Å². The highest BCUT2D eigenvalue weighted by atomic mass is 79.9. The standard InChI is InChI=1S/C13H18BrF2N/c1-13(2,3)7-8(17)6-9-11(15)5-4-10(14)12(9)16/h4-5,8H,6-7,17H2,1-3H3. The minimum atomic E-state index is -0.547. The fourth-order valence-electron chi connectivity index (χ4n) is 1.88. The predicted molar refractivity (Wildman–Crippen MR) is 69.8 cm³/mol. The van der Waals surface area contributed by atoms with Gasteiger partial charge in [0.25, 0.3) is 0 Å². The van der Waals surface area contributed by atoms with Gasteiger partial charge in [0, 0.05) is 11.6 Å². The zero-order chi connectivity index (χ0) is 13.2. The van der Waals surface area contributed by atoms with Crippen LogP contribution in [0.15, 0.2) is 16.6 Å². The Balaban J connectivity index is 2.85. The molecule has 0 amide bonds. The van der Waals surface area contributed by atoms with Crippen LogP contribution in [0.25, 0.3) is 0 Å². The molecule has 0 bridgehead atoms. The van der Waals surface area contributed by atoms with Crippen LogP contribution < -0.4 is 5.73 Å². The van der Waals surface area contributed by atoms with E-state index in [4.69, 9.17) is 5.73 Å². The molecule has 1 aromatic rings. The van der Waals surface area contributed by atoms with Gasteiger partial charge in [-0.1, -0.05) is 20.8 Å². The fraction of sp³-hybridized carbons (Fsp3) is 0.538. The van der Waals surface area contributed by atoms with Crippen LogP contribution in [0.2, 0.25) is 0 Å². The highest BCUT2D eigenvalue weighted by Crippen LogP contribution is 2.26. The summed E-state index contributed by atoms with van der Waals surface area (Å²) in [5.74, 6) is -1.08. The second kappa shape index (κ2) is 5.44. The smallest absolute Gasteiger partial charge is 0.143 e. The van der Waals surface area contributed by atoms with Crippen molar-refractivity contribution in [1.29, 1.82) is 0 Å². The quantitative estimate of drug-likeness (QED) is 0.838. The maximum atomic E-state index is 13.7. The van der Waals surface area contributed by atoms with Gasteiger partial charge in [0.15, 0.2) is 0 Å². The lowest BCUT2D eigenvalue weighted by atomic mass is 9.86. The van der Waals surface area contributed by atoms with Gasteiger partial charge < -0.3 is 5.73 Å². The molecule has 1 rings (SSSR count). The van der Waals surface area contributed by atoms with Gasteiger partial charge in [-0.05, 0) is 46.3 Å². The average molecular weight is 306 g/mol. The maximum Gasteiger partial charge on any atom is 0.143 e. The topological polar surface area (TPSA) is 26.0 Å². The molecule has 0 aromatic heterocycles. The van der Waals surface area contributed by atoms with Crippen molar-refractivity contribution in [2.45, 2.75) is 39.7 Å². The number of rotatable bonds is 3. The van der Waals surface area contributed by atoms with Crippen molar-refractivity contribution >= 4 is 15.9 Å². The SMILES string of the molecule is CC(C)(C)CC(N)Cc1c(F)ccc(Br)c1F. The van der Waals surface area contributed by atoms with Crippen molar-refractivity contribution in [2.24, 2.45) is 11.1 Å². The number of nitrogens with two attached hydrogens (primary N) is 1. The normalized spacial score (nSPS) is 13.8. The summed E-state index contributed by atoms with van der Waals surface area (Å²) in [5.41, 5.74) is 6.05. The van der Waals surface area contributed by atoms with Crippen LogP contribution in [-0.2, 0) is 6.42 Å². The summed E-state index contributed by atoms with van der Waals surface area (Å²) in [6, 6.07) is 2.38. The Hall–Kier alpha value is -0.480. The van der Waals surface area contributed by atoms with Gasteiger partial charge >= 0.3 is 0 Å². The van der Waals surface area contributed by atoms with E-state index in [1.807, 2.05) is 0 Å². The lowest BCUT2D eigenvalue weighted by Crippen LogP contribution is -2.29. The average Bonchev–Trinajstić information content (AvgIpc) is 2.16. The van der Waals surface area contributed by atoms with Crippen molar-refractivity contribution < 1.29 is 8.78 Å². The van der Waals surface area contributed by atoms with Crippen LogP contribution in [0.5, 0.6) is 0 Å². The first kappa shape index (κ1) is 14.6. The third-order valence-electron chi connectivity index (χ3n) is 2.48. The second-order valence-corrected chi connectivity index (χ2v) is 6.41. The Morgan fingerprint density at radius 1 is 1.29 bits per heavy atom. The summed E-state index contributed by atoms with van der Waals surface area (Å²) in [7, 11) is 0. The van der Waals surface area contributed by atoms with Crippen molar-refractivity contribution in [3.8, 4) is 0 Å². The van der Waals surface area contributed by atoms with E-state index < -0.39 is 11.6 Å². The molecule has 17 heavy (non-hydrogen) atoms. The minimum Gasteiger partial charge on any atom is -0.327 e. The first-order valence-corrected chi connectivity index (χ1v) is 6.38. The lowest BCUT2D eigenvalue weighted by Gasteiger charge is -2.23. The van der Waals surface area contributed by atoms with Gasteiger partial charge in [-0.25, -0.2) is 8.78 Å². The Morgan fingerprint density at radius 3 is 2.41 bits per heavy atom. The highest BCUT2D eigenvalue weighted by Gasteiger charge is 2.20. The molecule has 0 fully saturated rings. The van der Waals surface area contributed by atoms with E-state index in [0.717, 1.165) is 6.42 Å². The fourth-order valence-corrected chi connectivity index (χ4v) is 2.25. The summed E-state index contributed by atoms with van der Waals surface area (Å²) in [5, 5.41) is 0. The molecule has 0 saturated heterocycles. The summed E-state index contributed by atoms with van der Waals surface area (Å²) < 4.78 is 27.5. The summed E-state index contributed by atoms with van der Waals surface area (Å²) in [6.45, 7) is 6.17. The minimum absolute atomic E-state index is 0.0539. The third kappa shape index (κ3) is 4.36. The molecule has 0 aliphatic carbocycles. The Bertz CT molecular complexity index is 399. The van der Waals surface area contributed by atoms with E-state index in [9.17, 15) is 8.78 Å². The van der Waals surface area contributed by atoms with Crippen LogP contribution in [0.3, 0.4) is 0 Å². The molecule has 0 aliphatic rings. The molecule has 1 unspecified atom stereocenters. The predicted octanol–water partition coefficient (Wildman–Crippen LogP) is 4.03. The molecule has 0 heterocycles. The summed E-state index contributed by atoms with van der Waals surface area (Å²) in [6.07, 6.45) is 0.937. The van der Waals surface area contributed by atoms with Gasteiger partial charge in [-0.15, -0.1) is 0 Å². The third-order valence-corrected chi connectivity index (χ3v) is 3.09. The molecule has 0 radical (unpaired) electrons. The Kier molecular flexibility index (Phi) is 4.67. The Morgan fingerprint density at radius 2 is 1.88 bits per heavy atom. The Labute approximate surface area is 110 Å². The van der Waals surface area contributed by atoms with Gasteiger partial charge in [-0.2, -0.15) is 0 Å². The van der Waals surface area contributed by atoms with E-state index in [2.05, 4.69) is 36.7 Å². The summed E-state index contributed by atoms with van der Waals surface area (Å²) in [4.78, 5) is 0. The van der Waals surface area contributed by atoms with Crippen molar-refractivity contribution in [3.05, 3.63) is 33.8 Å². The highest BCUT2D eigenvalue weighted by molar-refractivity contribution is 9.10. The maximum absolute atomic E-state index is 13.7. The van der Waals surface area contributed by atoms with Gasteiger partial charge in [-0.3, -0.25) is 0 Å². The largest absolute Gasteiger partial charge is 0.327 e. The van der Waals surface area contributed by atoms with Crippen LogP contribution >= 0.6 is 15.9 Å². The monoisotopic (exact) mass is 305 g/mol. The van der Waals surface area contributed by atoms with Crippen molar-refractivity contribution in [2.75, 3.05) is 0 Å². The van der Waals surface area contributed by atoms with Crippen molar-refractivity contribution in [3.63, 3.8) is 0 Å². The molecule has 2 N–H and O–H groups in total. The van der Waals surface area contributed by atoms with Crippen LogP contribution in [0.1, 0.15) is 32.8 Å². The van der Waals surface area contributed by atoms with E-state index in [0.29, 0.717) is 0 Å². The van der Waals surface area contributed by atoms with Gasteiger partial charge in [0.1, 0.15) is 11.6 Å². The molecule has 0 aliphatic heterocycles. The van der Waals surface area contributed by atoms with E-state index in [1.165, 1.54) is 12.1 Å². The molecule has 4 heteroatoms. The van der Waals surface area contributed by atoms with Crippen LogP contribution in [-0.4, -0.2) is 6.04 Å². The number of benzene rings is 1. The molecule has 0 spiro atoms. The molecule has 1 atom stereocenters. The molecule has 96 valence electrons. The first-order valence-electron chi connectivity index (χ1n) is 5.58. The second-order valence-electron chi connectivity index (χ2n) is 5.55. The van der Waals surface area contributed by atoms with E-state index in [1.54, 1.807) is 0 Å². The van der Waals surface area contributed by atoms with Gasteiger partial charge in [0.05, 0.1) is 4.47 Å². The molecular weight excluding hydrogens is 288 g/mol. The molecular formula is C13H18BrF2N. The van der Waals surface area contributed by atoms with Gasteiger partial charge in [0.2, 0.25) is 0 Å². The first-order chi connectivity index (χ1) is 7.70. The number of hydrogen-bond acceptors (Lipinski definition) is 1. The zero-order valence-corrected chi connectivity index (χ0v) is 11.9. The molecule has 0 saturated carbocycles. The van der Waals surface area contributed by atoms with Crippen molar-refractivity contribution in [1.82, 2.24) is 0 Å². The number of halogens is 3.